The Morgan fingerprint density at radius 2 is 2.09 bits per heavy atom. The van der Waals surface area contributed by atoms with Gasteiger partial charge in [-0.3, -0.25) is 0 Å². The fourth-order valence-electron chi connectivity index (χ4n) is 0.904. The van der Waals surface area contributed by atoms with E-state index in [1.807, 2.05) is 5.01 Å². The summed E-state index contributed by atoms with van der Waals surface area (Å²) in [5.41, 5.74) is 4.64. The van der Waals surface area contributed by atoms with Gasteiger partial charge in [-0.05, 0) is 0 Å². The number of carboxylic acid groups (broad SMARTS) is 1. The summed E-state index contributed by atoms with van der Waals surface area (Å²) in [7, 11) is 0. The SMILES string of the molecule is O=C(O)NNN1CCNCC1. The summed E-state index contributed by atoms with van der Waals surface area (Å²) in [6.07, 6.45) is -1.07. The molecule has 64 valence electrons. The van der Waals surface area contributed by atoms with Crippen LogP contribution in [-0.2, 0) is 0 Å². The van der Waals surface area contributed by atoms with Crippen LogP contribution < -0.4 is 16.3 Å². The number of amides is 1. The number of carbonyl (C=O) groups is 1. The average molecular weight is 160 g/mol. The lowest BCUT2D eigenvalue weighted by Gasteiger charge is -2.26. The Morgan fingerprint density at radius 1 is 1.45 bits per heavy atom. The van der Waals surface area contributed by atoms with E-state index in [9.17, 15) is 4.79 Å². The quantitative estimate of drug-likeness (QED) is 0.373. The maximum Gasteiger partial charge on any atom is 0.420 e. The smallest absolute Gasteiger partial charge is 0.420 e. The van der Waals surface area contributed by atoms with E-state index in [4.69, 9.17) is 5.11 Å². The van der Waals surface area contributed by atoms with Gasteiger partial charge in [-0.1, -0.05) is 0 Å². The molecule has 1 fully saturated rings. The van der Waals surface area contributed by atoms with E-state index in [0.29, 0.717) is 0 Å². The molecule has 1 aliphatic heterocycles. The number of nitrogens with zero attached hydrogens (tertiary/aromatic N) is 1. The molecule has 6 heteroatoms. The number of hydrogen-bond donors (Lipinski definition) is 4. The fraction of sp³-hybridized carbons (Fsp3) is 0.800. The van der Waals surface area contributed by atoms with Crippen LogP contribution in [0.25, 0.3) is 0 Å². The van der Waals surface area contributed by atoms with Gasteiger partial charge in [-0.2, -0.15) is 5.53 Å². The zero-order chi connectivity index (χ0) is 8.10. The van der Waals surface area contributed by atoms with Gasteiger partial charge in [0.25, 0.3) is 0 Å². The highest BCUT2D eigenvalue weighted by molar-refractivity contribution is 5.63. The molecule has 1 rings (SSSR count). The molecule has 4 N–H and O–H groups in total. The molecule has 0 aromatic heterocycles. The molecule has 1 aliphatic rings. The highest BCUT2D eigenvalue weighted by Gasteiger charge is 2.08. The van der Waals surface area contributed by atoms with E-state index in [2.05, 4.69) is 16.3 Å². The van der Waals surface area contributed by atoms with Crippen LogP contribution in [0, 0.1) is 0 Å². The molecule has 1 amide bonds. The zero-order valence-corrected chi connectivity index (χ0v) is 6.13. The molecule has 0 atom stereocenters. The van der Waals surface area contributed by atoms with Gasteiger partial charge in [0.2, 0.25) is 0 Å². The Kier molecular flexibility index (Phi) is 3.09. The summed E-state index contributed by atoms with van der Waals surface area (Å²) in [5.74, 6) is 0. The normalized spacial score (nSPS) is 19.6. The average Bonchev–Trinajstić information content (AvgIpc) is 2.03. The first kappa shape index (κ1) is 8.25. The van der Waals surface area contributed by atoms with Gasteiger partial charge in [-0.25, -0.2) is 15.2 Å². The van der Waals surface area contributed by atoms with E-state index in [-0.39, 0.29) is 0 Å². The maximum absolute atomic E-state index is 10.0. The van der Waals surface area contributed by atoms with Gasteiger partial charge in [0.05, 0.1) is 0 Å². The van der Waals surface area contributed by atoms with Crippen LogP contribution in [0.2, 0.25) is 0 Å². The van der Waals surface area contributed by atoms with Crippen LogP contribution >= 0.6 is 0 Å². The van der Waals surface area contributed by atoms with E-state index >= 15 is 0 Å². The molecule has 0 unspecified atom stereocenters. The van der Waals surface area contributed by atoms with Crippen LogP contribution in [0.15, 0.2) is 0 Å². The monoisotopic (exact) mass is 160 g/mol. The molecule has 0 radical (unpaired) electrons. The van der Waals surface area contributed by atoms with E-state index in [1.165, 1.54) is 0 Å². The summed E-state index contributed by atoms with van der Waals surface area (Å²) in [6.45, 7) is 3.38. The number of hydrazine groups is 2. The second-order valence-corrected chi connectivity index (χ2v) is 2.28. The number of piperazine rings is 1. The Bertz CT molecular complexity index is 134. The van der Waals surface area contributed by atoms with Crippen molar-refractivity contribution < 1.29 is 9.90 Å². The minimum Gasteiger partial charge on any atom is -0.464 e. The van der Waals surface area contributed by atoms with E-state index < -0.39 is 6.09 Å². The van der Waals surface area contributed by atoms with Crippen molar-refractivity contribution in [1.82, 2.24) is 21.3 Å². The third kappa shape index (κ3) is 3.17. The lowest BCUT2D eigenvalue weighted by atomic mass is 10.4. The standard InChI is InChI=1S/C5H12N4O2/c10-5(11)7-8-9-3-1-6-2-4-9/h6-8H,1-4H2,(H,10,11). The van der Waals surface area contributed by atoms with Crippen molar-refractivity contribution in [3.8, 4) is 0 Å². The van der Waals surface area contributed by atoms with Crippen molar-refractivity contribution in [1.29, 1.82) is 0 Å². The van der Waals surface area contributed by atoms with Gasteiger partial charge < -0.3 is 10.4 Å². The second-order valence-electron chi connectivity index (χ2n) is 2.28. The fourth-order valence-corrected chi connectivity index (χ4v) is 0.904. The minimum atomic E-state index is -1.07. The Hall–Kier alpha value is -0.850. The van der Waals surface area contributed by atoms with Crippen molar-refractivity contribution in [3.05, 3.63) is 0 Å². The first-order chi connectivity index (χ1) is 5.29. The number of hydrogen-bond acceptors (Lipinski definition) is 4. The van der Waals surface area contributed by atoms with Gasteiger partial charge in [-0.15, -0.1) is 0 Å². The maximum atomic E-state index is 10.0. The molecule has 0 aromatic carbocycles. The lowest BCUT2D eigenvalue weighted by Crippen LogP contribution is -2.55. The Balaban J connectivity index is 2.09. The van der Waals surface area contributed by atoms with Crippen molar-refractivity contribution in [2.75, 3.05) is 26.2 Å². The van der Waals surface area contributed by atoms with Crippen LogP contribution in [0.3, 0.4) is 0 Å². The van der Waals surface area contributed by atoms with Crippen molar-refractivity contribution in [2.24, 2.45) is 0 Å². The summed E-state index contributed by atoms with van der Waals surface area (Å²) < 4.78 is 0. The molecule has 6 nitrogen and oxygen atoms in total. The van der Waals surface area contributed by atoms with Crippen molar-refractivity contribution in [3.63, 3.8) is 0 Å². The van der Waals surface area contributed by atoms with Gasteiger partial charge in [0, 0.05) is 26.2 Å². The van der Waals surface area contributed by atoms with E-state index in [1.54, 1.807) is 0 Å². The molecule has 0 saturated carbocycles. The van der Waals surface area contributed by atoms with Gasteiger partial charge in [0.15, 0.2) is 0 Å². The van der Waals surface area contributed by atoms with Crippen molar-refractivity contribution >= 4 is 6.09 Å². The summed E-state index contributed by atoms with van der Waals surface area (Å²) in [6, 6.07) is 0. The summed E-state index contributed by atoms with van der Waals surface area (Å²) in [5, 5.41) is 13.2. The number of nitrogens with one attached hydrogen (secondary N) is 3. The molecule has 0 aromatic rings. The van der Waals surface area contributed by atoms with Gasteiger partial charge in [0.1, 0.15) is 0 Å². The third-order valence-electron chi connectivity index (χ3n) is 1.44. The van der Waals surface area contributed by atoms with E-state index in [0.717, 1.165) is 26.2 Å². The molecule has 1 saturated heterocycles. The first-order valence-electron chi connectivity index (χ1n) is 3.49. The highest BCUT2D eigenvalue weighted by atomic mass is 16.4. The highest BCUT2D eigenvalue weighted by Crippen LogP contribution is 1.83. The molecule has 0 spiro atoms. The Morgan fingerprint density at radius 3 is 2.64 bits per heavy atom. The predicted octanol–water partition coefficient (Wildman–Crippen LogP) is -1.42. The molecule has 0 aliphatic carbocycles. The Labute approximate surface area is 64.5 Å². The molecule has 0 bridgehead atoms. The predicted molar refractivity (Wildman–Crippen MR) is 38.7 cm³/mol. The molecular weight excluding hydrogens is 148 g/mol. The van der Waals surface area contributed by atoms with Crippen LogP contribution in [0.4, 0.5) is 4.79 Å². The zero-order valence-electron chi connectivity index (χ0n) is 6.13. The van der Waals surface area contributed by atoms with Crippen LogP contribution in [0.1, 0.15) is 0 Å². The second kappa shape index (κ2) is 4.12. The third-order valence-corrected chi connectivity index (χ3v) is 1.44. The summed E-state index contributed by atoms with van der Waals surface area (Å²) >= 11 is 0. The molecule has 1 heterocycles. The van der Waals surface area contributed by atoms with Gasteiger partial charge >= 0.3 is 6.09 Å². The molecular formula is C5H12N4O2. The topological polar surface area (TPSA) is 76.6 Å². The first-order valence-corrected chi connectivity index (χ1v) is 3.49. The van der Waals surface area contributed by atoms with Crippen molar-refractivity contribution in [2.45, 2.75) is 0 Å². The van der Waals surface area contributed by atoms with Crippen LogP contribution in [0.5, 0.6) is 0 Å². The van der Waals surface area contributed by atoms with Crippen LogP contribution in [-0.4, -0.2) is 42.4 Å². The largest absolute Gasteiger partial charge is 0.464 e. The molecule has 11 heavy (non-hydrogen) atoms. The lowest BCUT2D eigenvalue weighted by molar-refractivity contribution is 0.120. The number of rotatable bonds is 2. The summed E-state index contributed by atoms with van der Waals surface area (Å²) in [4.78, 5) is 10.0. The minimum absolute atomic E-state index is 0.806.